The first-order valence-corrected chi connectivity index (χ1v) is 9.75. The van der Waals surface area contributed by atoms with Crippen LogP contribution >= 0.6 is 0 Å². The van der Waals surface area contributed by atoms with Gasteiger partial charge in [-0.2, -0.15) is 0 Å². The van der Waals surface area contributed by atoms with Crippen molar-refractivity contribution in [2.75, 3.05) is 6.61 Å². The van der Waals surface area contributed by atoms with Crippen LogP contribution in [0, 0.1) is 6.92 Å². The third-order valence-electron chi connectivity index (χ3n) is 4.72. The molecular formula is C24H25NO4. The standard InChI is InChI=1S/C24H25NO4/c1-3-4-5-6-14-29-20-12-10-18(11-13-20)24(28)25-17(2)15-21-19(16-23(26)27)8-7-9-22(21)25/h4-5,7-13,15H,3,6,14,16H2,1-2H3,(H,26,27). The molecule has 0 aliphatic heterocycles. The van der Waals surface area contributed by atoms with Crippen LogP contribution in [0.2, 0.25) is 0 Å². The summed E-state index contributed by atoms with van der Waals surface area (Å²) in [6.07, 6.45) is 5.99. The minimum atomic E-state index is -0.894. The van der Waals surface area contributed by atoms with Gasteiger partial charge in [-0.15, -0.1) is 0 Å². The third-order valence-corrected chi connectivity index (χ3v) is 4.72. The fourth-order valence-corrected chi connectivity index (χ4v) is 3.36. The minimum Gasteiger partial charge on any atom is -0.493 e. The minimum absolute atomic E-state index is 0.0749. The fraction of sp³-hybridized carbons (Fsp3) is 0.250. The Morgan fingerprint density at radius 3 is 2.55 bits per heavy atom. The summed E-state index contributed by atoms with van der Waals surface area (Å²) in [5.74, 6) is -0.318. The Bertz CT molecular complexity index is 1040. The number of aromatic nitrogens is 1. The maximum absolute atomic E-state index is 13.1. The molecular weight excluding hydrogens is 366 g/mol. The van der Waals surface area contributed by atoms with Crippen LogP contribution in [0.3, 0.4) is 0 Å². The number of nitrogens with zero attached hydrogens (tertiary/aromatic N) is 1. The highest BCUT2D eigenvalue weighted by Gasteiger charge is 2.17. The van der Waals surface area contributed by atoms with E-state index in [2.05, 4.69) is 19.1 Å². The molecule has 0 saturated carbocycles. The number of hydrogen-bond acceptors (Lipinski definition) is 3. The van der Waals surface area contributed by atoms with Crippen molar-refractivity contribution in [1.82, 2.24) is 4.57 Å². The largest absolute Gasteiger partial charge is 0.493 e. The summed E-state index contributed by atoms with van der Waals surface area (Å²) < 4.78 is 7.33. The Labute approximate surface area is 170 Å². The third kappa shape index (κ3) is 4.74. The van der Waals surface area contributed by atoms with Crippen LogP contribution in [0.15, 0.2) is 60.7 Å². The van der Waals surface area contributed by atoms with Crippen molar-refractivity contribution in [2.45, 2.75) is 33.1 Å². The maximum atomic E-state index is 13.1. The zero-order valence-electron chi connectivity index (χ0n) is 16.7. The average Bonchev–Trinajstić information content (AvgIpc) is 3.04. The van der Waals surface area contributed by atoms with Crippen molar-refractivity contribution < 1.29 is 19.4 Å². The summed E-state index contributed by atoms with van der Waals surface area (Å²) >= 11 is 0. The molecule has 1 heterocycles. The lowest BCUT2D eigenvalue weighted by Crippen LogP contribution is -2.13. The summed E-state index contributed by atoms with van der Waals surface area (Å²) in [5.41, 5.74) is 2.73. The van der Waals surface area contributed by atoms with Crippen molar-refractivity contribution >= 4 is 22.8 Å². The second-order valence-electron chi connectivity index (χ2n) is 6.89. The van der Waals surface area contributed by atoms with E-state index in [-0.39, 0.29) is 12.3 Å². The van der Waals surface area contributed by atoms with Crippen LogP contribution in [0.25, 0.3) is 10.9 Å². The SMILES string of the molecule is CCC=CCCOc1ccc(C(=O)n2c(C)cc3c(CC(=O)O)cccc32)cc1. The molecule has 0 bridgehead atoms. The van der Waals surface area contributed by atoms with Gasteiger partial charge in [0.25, 0.3) is 5.91 Å². The number of rotatable bonds is 8. The van der Waals surface area contributed by atoms with E-state index in [1.54, 1.807) is 41.0 Å². The molecule has 0 fully saturated rings. The van der Waals surface area contributed by atoms with Gasteiger partial charge in [0, 0.05) is 16.6 Å². The van der Waals surface area contributed by atoms with Crippen molar-refractivity contribution in [3.8, 4) is 5.75 Å². The number of aliphatic carboxylic acids is 1. The molecule has 5 nitrogen and oxygen atoms in total. The van der Waals surface area contributed by atoms with Crippen LogP contribution in [0.5, 0.6) is 5.75 Å². The molecule has 0 aliphatic carbocycles. The van der Waals surface area contributed by atoms with Crippen molar-refractivity contribution in [3.63, 3.8) is 0 Å². The quantitative estimate of drug-likeness (QED) is 0.433. The van der Waals surface area contributed by atoms with Crippen LogP contribution in [0.1, 0.15) is 41.4 Å². The predicted molar refractivity (Wildman–Crippen MR) is 114 cm³/mol. The molecule has 0 radical (unpaired) electrons. The van der Waals surface area contributed by atoms with E-state index in [1.807, 2.05) is 19.1 Å². The topological polar surface area (TPSA) is 68.5 Å². The van der Waals surface area contributed by atoms with E-state index < -0.39 is 5.97 Å². The zero-order chi connectivity index (χ0) is 20.8. The number of carboxylic acids is 1. The molecule has 0 unspecified atom stereocenters. The molecule has 5 heteroatoms. The van der Waals surface area contributed by atoms with Crippen molar-refractivity contribution in [2.24, 2.45) is 0 Å². The fourth-order valence-electron chi connectivity index (χ4n) is 3.36. The number of hydrogen-bond donors (Lipinski definition) is 1. The van der Waals surface area contributed by atoms with Gasteiger partial charge in [-0.3, -0.25) is 14.2 Å². The van der Waals surface area contributed by atoms with Crippen LogP contribution in [-0.2, 0) is 11.2 Å². The second kappa shape index (κ2) is 9.24. The van der Waals surface area contributed by atoms with Gasteiger partial charge in [0.1, 0.15) is 5.75 Å². The maximum Gasteiger partial charge on any atom is 0.307 e. The lowest BCUT2D eigenvalue weighted by molar-refractivity contribution is -0.136. The molecule has 3 aromatic rings. The Hall–Kier alpha value is -3.34. The number of fused-ring (bicyclic) bond motifs is 1. The molecule has 150 valence electrons. The molecule has 1 N–H and O–H groups in total. The van der Waals surface area contributed by atoms with E-state index in [4.69, 9.17) is 9.84 Å². The molecule has 3 rings (SSSR count). The van der Waals surface area contributed by atoms with Gasteiger partial charge in [-0.1, -0.05) is 31.2 Å². The van der Waals surface area contributed by atoms with Gasteiger partial charge in [-0.25, -0.2) is 0 Å². The molecule has 0 aliphatic rings. The van der Waals surface area contributed by atoms with Crippen molar-refractivity contribution in [1.29, 1.82) is 0 Å². The monoisotopic (exact) mass is 391 g/mol. The van der Waals surface area contributed by atoms with E-state index in [1.165, 1.54) is 0 Å². The molecule has 2 aromatic carbocycles. The van der Waals surface area contributed by atoms with Crippen LogP contribution in [0.4, 0.5) is 0 Å². The smallest absolute Gasteiger partial charge is 0.307 e. The van der Waals surface area contributed by atoms with Crippen molar-refractivity contribution in [3.05, 3.63) is 77.5 Å². The van der Waals surface area contributed by atoms with Gasteiger partial charge in [0.15, 0.2) is 0 Å². The van der Waals surface area contributed by atoms with Gasteiger partial charge >= 0.3 is 5.97 Å². The first kappa shape index (κ1) is 20.4. The van der Waals surface area contributed by atoms with Gasteiger partial charge in [0.2, 0.25) is 0 Å². The molecule has 0 atom stereocenters. The van der Waals surface area contributed by atoms with E-state index in [9.17, 15) is 9.59 Å². The Morgan fingerprint density at radius 1 is 1.10 bits per heavy atom. The van der Waals surface area contributed by atoms with E-state index in [0.717, 1.165) is 29.7 Å². The van der Waals surface area contributed by atoms with Crippen LogP contribution in [-0.4, -0.2) is 28.2 Å². The summed E-state index contributed by atoms with van der Waals surface area (Å²) in [6, 6.07) is 14.4. The number of allylic oxidation sites excluding steroid dienone is 1. The Kier molecular flexibility index (Phi) is 6.50. The molecule has 29 heavy (non-hydrogen) atoms. The van der Waals surface area contributed by atoms with Gasteiger partial charge < -0.3 is 9.84 Å². The van der Waals surface area contributed by atoms with Gasteiger partial charge in [0.05, 0.1) is 18.5 Å². The van der Waals surface area contributed by atoms with E-state index >= 15 is 0 Å². The average molecular weight is 391 g/mol. The molecule has 0 saturated heterocycles. The number of benzene rings is 2. The highest BCUT2D eigenvalue weighted by atomic mass is 16.5. The van der Waals surface area contributed by atoms with Gasteiger partial charge in [-0.05, 0) is 61.7 Å². The number of carbonyl (C=O) groups is 2. The highest BCUT2D eigenvalue weighted by Crippen LogP contribution is 2.25. The zero-order valence-corrected chi connectivity index (χ0v) is 16.7. The second-order valence-corrected chi connectivity index (χ2v) is 6.89. The summed E-state index contributed by atoms with van der Waals surface area (Å²) in [4.78, 5) is 24.2. The number of carbonyl (C=O) groups excluding carboxylic acids is 1. The first-order valence-electron chi connectivity index (χ1n) is 9.75. The predicted octanol–water partition coefficient (Wildman–Crippen LogP) is 5.00. The number of carboxylic acid groups (broad SMARTS) is 1. The first-order chi connectivity index (χ1) is 14.0. The Balaban J connectivity index is 1.81. The normalized spacial score (nSPS) is 11.2. The number of aryl methyl sites for hydroxylation is 1. The van der Waals surface area contributed by atoms with Crippen LogP contribution < -0.4 is 4.74 Å². The van der Waals surface area contributed by atoms with E-state index in [0.29, 0.717) is 23.3 Å². The summed E-state index contributed by atoms with van der Waals surface area (Å²) in [5, 5.41) is 9.92. The molecule has 1 aromatic heterocycles. The lowest BCUT2D eigenvalue weighted by Gasteiger charge is -2.09. The summed E-state index contributed by atoms with van der Waals surface area (Å²) in [7, 11) is 0. The Morgan fingerprint density at radius 2 is 1.86 bits per heavy atom. The molecule has 0 spiro atoms. The summed E-state index contributed by atoms with van der Waals surface area (Å²) in [6.45, 7) is 4.54. The number of ether oxygens (including phenoxy) is 1. The molecule has 0 amide bonds. The highest BCUT2D eigenvalue weighted by molar-refractivity contribution is 6.04. The lowest BCUT2D eigenvalue weighted by atomic mass is 10.1.